The second kappa shape index (κ2) is 10.9. The molecule has 4 rings (SSSR count). The molecule has 2 aliphatic heterocycles. The molecule has 2 amide bonds. The molecular weight excluding hydrogens is 426 g/mol. The van der Waals surface area contributed by atoms with E-state index < -0.39 is 5.60 Å². The van der Waals surface area contributed by atoms with E-state index in [0.717, 1.165) is 56.5 Å². The third kappa shape index (κ3) is 5.66. The molecule has 1 atom stereocenters. The Morgan fingerprint density at radius 1 is 1.09 bits per heavy atom. The van der Waals surface area contributed by atoms with Crippen LogP contribution in [0.4, 0.5) is 0 Å². The number of nitrogens with zero attached hydrogens (tertiary/aromatic N) is 2. The van der Waals surface area contributed by atoms with Gasteiger partial charge in [-0.3, -0.25) is 9.59 Å². The third-order valence-electron chi connectivity index (χ3n) is 6.89. The molecule has 0 saturated carbocycles. The average Bonchev–Trinajstić information content (AvgIpc) is 3.28. The summed E-state index contributed by atoms with van der Waals surface area (Å²) >= 11 is 0. The monoisotopic (exact) mass is 461 g/mol. The molecule has 2 aliphatic rings. The molecule has 2 aromatic rings. The number of hydrogen-bond acceptors (Lipinski definition) is 4. The maximum atomic E-state index is 13.0. The Labute approximate surface area is 202 Å². The first-order valence-electron chi connectivity index (χ1n) is 12.5. The lowest BCUT2D eigenvalue weighted by Gasteiger charge is -2.32. The molecule has 1 saturated heterocycles. The van der Waals surface area contributed by atoms with Gasteiger partial charge in [0.1, 0.15) is 0 Å². The summed E-state index contributed by atoms with van der Waals surface area (Å²) in [7, 11) is 0. The van der Waals surface area contributed by atoms with E-state index in [-0.39, 0.29) is 11.8 Å². The van der Waals surface area contributed by atoms with Crippen LogP contribution in [0.2, 0.25) is 0 Å². The molecule has 0 aromatic heterocycles. The summed E-state index contributed by atoms with van der Waals surface area (Å²) in [5.41, 5.74) is 2.68. The maximum Gasteiger partial charge on any atom is 0.267 e. The van der Waals surface area contributed by atoms with Crippen molar-refractivity contribution in [3.05, 3.63) is 71.3 Å². The van der Waals surface area contributed by atoms with E-state index >= 15 is 0 Å². The number of benzene rings is 2. The second-order valence-corrected chi connectivity index (χ2v) is 9.65. The smallest absolute Gasteiger partial charge is 0.267 e. The number of oxime groups is 1. The fourth-order valence-electron chi connectivity index (χ4n) is 4.66. The quantitative estimate of drug-likeness (QED) is 0.585. The highest BCUT2D eigenvalue weighted by atomic mass is 16.7. The highest BCUT2D eigenvalue weighted by Gasteiger charge is 2.42. The molecule has 2 heterocycles. The minimum atomic E-state index is -0.984. The van der Waals surface area contributed by atoms with E-state index in [1.54, 1.807) is 6.92 Å². The molecule has 180 valence electrons. The van der Waals surface area contributed by atoms with Crippen LogP contribution in [0, 0.1) is 5.92 Å². The SMILES string of the molecule is CCCCNC(=O)C1(C)CC(c2ccc(C(=O)N3CCC(Cc4ccccc4)CC3)cc2)=NO1. The topological polar surface area (TPSA) is 71.0 Å². The Kier molecular flexibility index (Phi) is 7.66. The van der Waals surface area contributed by atoms with Crippen molar-refractivity contribution in [1.82, 2.24) is 10.2 Å². The van der Waals surface area contributed by atoms with Gasteiger partial charge in [0.15, 0.2) is 0 Å². The minimum absolute atomic E-state index is 0.0782. The summed E-state index contributed by atoms with van der Waals surface area (Å²) < 4.78 is 0. The van der Waals surface area contributed by atoms with E-state index in [1.165, 1.54) is 5.56 Å². The molecule has 0 bridgehead atoms. The second-order valence-electron chi connectivity index (χ2n) is 9.65. The van der Waals surface area contributed by atoms with E-state index in [0.29, 0.717) is 24.4 Å². The van der Waals surface area contributed by atoms with Gasteiger partial charge in [0.2, 0.25) is 5.60 Å². The number of hydrogen-bond donors (Lipinski definition) is 1. The molecular formula is C28H35N3O3. The summed E-state index contributed by atoms with van der Waals surface area (Å²) in [6, 6.07) is 18.1. The lowest BCUT2D eigenvalue weighted by atomic mass is 9.90. The number of rotatable bonds is 8. The van der Waals surface area contributed by atoms with Gasteiger partial charge in [0.25, 0.3) is 11.8 Å². The van der Waals surface area contributed by atoms with Crippen molar-refractivity contribution >= 4 is 17.5 Å². The average molecular weight is 462 g/mol. The lowest BCUT2D eigenvalue weighted by molar-refractivity contribution is -0.141. The lowest BCUT2D eigenvalue weighted by Crippen LogP contribution is -2.45. The van der Waals surface area contributed by atoms with Crippen LogP contribution in [0.15, 0.2) is 59.8 Å². The number of carbonyl (C=O) groups is 2. The van der Waals surface area contributed by atoms with E-state index in [4.69, 9.17) is 4.84 Å². The number of amides is 2. The van der Waals surface area contributed by atoms with Crippen molar-refractivity contribution in [2.75, 3.05) is 19.6 Å². The molecule has 2 aromatic carbocycles. The normalized spacial score (nSPS) is 20.5. The minimum Gasteiger partial charge on any atom is -0.379 e. The standard InChI is InChI=1S/C28H35N3O3/c1-3-4-16-29-27(33)28(2)20-25(30-34-28)23-10-12-24(13-11-23)26(32)31-17-14-22(15-18-31)19-21-8-6-5-7-9-21/h5-13,22H,3-4,14-20H2,1-2H3,(H,29,33). The molecule has 6 heteroatoms. The Hall–Kier alpha value is -3.15. The summed E-state index contributed by atoms with van der Waals surface area (Å²) in [5, 5.41) is 7.10. The predicted octanol–water partition coefficient (Wildman–Crippen LogP) is 4.58. The number of nitrogens with one attached hydrogen (secondary N) is 1. The largest absolute Gasteiger partial charge is 0.379 e. The van der Waals surface area contributed by atoms with Gasteiger partial charge in [-0.1, -0.05) is 61.0 Å². The van der Waals surface area contributed by atoms with Gasteiger partial charge in [0.05, 0.1) is 5.71 Å². The summed E-state index contributed by atoms with van der Waals surface area (Å²) in [5.74, 6) is 0.569. The summed E-state index contributed by atoms with van der Waals surface area (Å²) in [6.07, 6.45) is 5.52. The van der Waals surface area contributed by atoms with Crippen molar-refractivity contribution in [3.8, 4) is 0 Å². The zero-order valence-corrected chi connectivity index (χ0v) is 20.3. The van der Waals surface area contributed by atoms with E-state index in [9.17, 15) is 9.59 Å². The van der Waals surface area contributed by atoms with Crippen LogP contribution < -0.4 is 5.32 Å². The number of unbranched alkanes of at least 4 members (excludes halogenated alkanes) is 1. The van der Waals surface area contributed by atoms with Gasteiger partial charge >= 0.3 is 0 Å². The Morgan fingerprint density at radius 2 is 1.79 bits per heavy atom. The fourth-order valence-corrected chi connectivity index (χ4v) is 4.66. The summed E-state index contributed by atoms with van der Waals surface area (Å²) in [4.78, 5) is 33.0. The van der Waals surface area contributed by atoms with Gasteiger partial charge < -0.3 is 15.1 Å². The Morgan fingerprint density at radius 3 is 2.47 bits per heavy atom. The first-order valence-corrected chi connectivity index (χ1v) is 12.5. The van der Waals surface area contributed by atoms with Crippen molar-refractivity contribution in [2.24, 2.45) is 11.1 Å². The van der Waals surface area contributed by atoms with Crippen LogP contribution in [0.3, 0.4) is 0 Å². The Balaban J connectivity index is 1.29. The van der Waals surface area contributed by atoms with Crippen molar-refractivity contribution in [3.63, 3.8) is 0 Å². The molecule has 1 unspecified atom stereocenters. The van der Waals surface area contributed by atoms with Crippen LogP contribution in [0.25, 0.3) is 0 Å². The summed E-state index contributed by atoms with van der Waals surface area (Å²) in [6.45, 7) is 6.09. The van der Waals surface area contributed by atoms with Gasteiger partial charge in [-0.15, -0.1) is 0 Å². The van der Waals surface area contributed by atoms with Gasteiger partial charge in [-0.05, 0) is 61.8 Å². The van der Waals surface area contributed by atoms with Crippen molar-refractivity contribution < 1.29 is 14.4 Å². The molecule has 34 heavy (non-hydrogen) atoms. The number of piperidine rings is 1. The number of likely N-dealkylation sites (tertiary alicyclic amines) is 1. The van der Waals surface area contributed by atoms with Crippen LogP contribution >= 0.6 is 0 Å². The maximum absolute atomic E-state index is 13.0. The molecule has 1 N–H and O–H groups in total. The fraction of sp³-hybridized carbons (Fsp3) is 0.464. The van der Waals surface area contributed by atoms with Crippen LogP contribution in [-0.2, 0) is 16.1 Å². The van der Waals surface area contributed by atoms with Crippen LogP contribution in [0.1, 0.15) is 67.4 Å². The first kappa shape index (κ1) is 24.0. The van der Waals surface area contributed by atoms with Crippen LogP contribution in [-0.4, -0.2) is 47.7 Å². The van der Waals surface area contributed by atoms with Crippen molar-refractivity contribution in [1.29, 1.82) is 0 Å². The molecule has 0 radical (unpaired) electrons. The van der Waals surface area contributed by atoms with E-state index in [2.05, 4.69) is 41.7 Å². The van der Waals surface area contributed by atoms with Gasteiger partial charge in [-0.2, -0.15) is 0 Å². The molecule has 6 nitrogen and oxygen atoms in total. The van der Waals surface area contributed by atoms with E-state index in [1.807, 2.05) is 35.2 Å². The van der Waals surface area contributed by atoms with Crippen LogP contribution in [0.5, 0.6) is 0 Å². The molecule has 0 aliphatic carbocycles. The zero-order chi connectivity index (χ0) is 24.0. The first-order chi connectivity index (χ1) is 16.5. The Bertz CT molecular complexity index is 1010. The van der Waals surface area contributed by atoms with Gasteiger partial charge in [-0.25, -0.2) is 0 Å². The highest BCUT2D eigenvalue weighted by molar-refractivity contribution is 6.06. The molecule has 0 spiro atoms. The van der Waals surface area contributed by atoms with Crippen molar-refractivity contribution in [2.45, 2.75) is 58.0 Å². The number of carbonyl (C=O) groups excluding carboxylic acids is 2. The molecule has 1 fully saturated rings. The predicted molar refractivity (Wildman–Crippen MR) is 134 cm³/mol. The van der Waals surface area contributed by atoms with Gasteiger partial charge in [0, 0.05) is 31.6 Å². The zero-order valence-electron chi connectivity index (χ0n) is 20.3. The third-order valence-corrected chi connectivity index (χ3v) is 6.89. The highest BCUT2D eigenvalue weighted by Crippen LogP contribution is 2.28.